The smallest absolute Gasteiger partial charge is 0.230 e. The zero-order valence-corrected chi connectivity index (χ0v) is 12.1. The first-order valence-corrected chi connectivity index (χ1v) is 6.07. The molecule has 0 aromatic carbocycles. The SMILES string of the molecule is CCC(CC)(CN)C(=O)N(C)Cc1ccco1.Cl. The Morgan fingerprint density at radius 1 is 1.44 bits per heavy atom. The van der Waals surface area contributed by atoms with Gasteiger partial charge in [0.15, 0.2) is 0 Å². The standard InChI is InChI=1S/C13H22N2O2.ClH/c1-4-13(5-2,10-14)12(16)15(3)9-11-7-6-8-17-11;/h6-8H,4-5,9-10,14H2,1-3H3;1H. The van der Waals surface area contributed by atoms with E-state index in [4.69, 9.17) is 10.2 Å². The molecule has 1 rings (SSSR count). The molecule has 4 nitrogen and oxygen atoms in total. The van der Waals surface area contributed by atoms with E-state index < -0.39 is 5.41 Å². The molecule has 0 bridgehead atoms. The van der Waals surface area contributed by atoms with Gasteiger partial charge in [-0.1, -0.05) is 13.8 Å². The van der Waals surface area contributed by atoms with Crippen molar-refractivity contribution in [2.75, 3.05) is 13.6 Å². The van der Waals surface area contributed by atoms with Gasteiger partial charge in [-0.05, 0) is 25.0 Å². The number of carbonyl (C=O) groups excluding carboxylic acids is 1. The third-order valence-electron chi connectivity index (χ3n) is 3.52. The number of nitrogens with two attached hydrogens (primary N) is 1. The average Bonchev–Trinajstić information content (AvgIpc) is 2.84. The minimum absolute atomic E-state index is 0. The molecular weight excluding hydrogens is 252 g/mol. The van der Waals surface area contributed by atoms with Gasteiger partial charge in [-0.3, -0.25) is 4.79 Å². The molecular formula is C13H23ClN2O2. The molecule has 1 aromatic heterocycles. The minimum Gasteiger partial charge on any atom is -0.467 e. The van der Waals surface area contributed by atoms with E-state index in [1.807, 2.05) is 26.0 Å². The minimum atomic E-state index is -0.429. The molecule has 1 heterocycles. The topological polar surface area (TPSA) is 59.5 Å². The Morgan fingerprint density at radius 2 is 2.06 bits per heavy atom. The van der Waals surface area contributed by atoms with Gasteiger partial charge in [0.2, 0.25) is 5.91 Å². The predicted molar refractivity (Wildman–Crippen MR) is 74.5 cm³/mol. The van der Waals surface area contributed by atoms with Crippen LogP contribution in [0.1, 0.15) is 32.4 Å². The fraction of sp³-hybridized carbons (Fsp3) is 0.615. The Labute approximate surface area is 115 Å². The largest absolute Gasteiger partial charge is 0.467 e. The first kappa shape index (κ1) is 17.0. The van der Waals surface area contributed by atoms with E-state index in [-0.39, 0.29) is 18.3 Å². The molecule has 0 atom stereocenters. The summed E-state index contributed by atoms with van der Waals surface area (Å²) in [4.78, 5) is 14.1. The molecule has 0 saturated heterocycles. The summed E-state index contributed by atoms with van der Waals surface area (Å²) in [6.45, 7) is 4.90. The fourth-order valence-corrected chi connectivity index (χ4v) is 2.04. The van der Waals surface area contributed by atoms with Crippen molar-refractivity contribution in [3.8, 4) is 0 Å². The predicted octanol–water partition coefficient (Wildman–Crippen LogP) is 2.42. The molecule has 0 fully saturated rings. The second kappa shape index (κ2) is 7.44. The Kier molecular flexibility index (Phi) is 7.02. The van der Waals surface area contributed by atoms with Crippen molar-refractivity contribution in [2.24, 2.45) is 11.1 Å². The molecule has 0 aliphatic carbocycles. The van der Waals surface area contributed by atoms with Crippen molar-refractivity contribution in [2.45, 2.75) is 33.2 Å². The van der Waals surface area contributed by atoms with Crippen molar-refractivity contribution in [1.82, 2.24) is 4.90 Å². The molecule has 5 heteroatoms. The number of halogens is 1. The Bertz CT molecular complexity index is 340. The number of rotatable bonds is 6. The summed E-state index contributed by atoms with van der Waals surface area (Å²) < 4.78 is 5.24. The van der Waals surface area contributed by atoms with Gasteiger partial charge in [-0.15, -0.1) is 12.4 Å². The quantitative estimate of drug-likeness (QED) is 0.867. The monoisotopic (exact) mass is 274 g/mol. The highest BCUT2D eigenvalue weighted by molar-refractivity contribution is 5.85. The summed E-state index contributed by atoms with van der Waals surface area (Å²) in [5, 5.41) is 0. The van der Waals surface area contributed by atoms with Crippen LogP contribution in [0, 0.1) is 5.41 Å². The molecule has 0 unspecified atom stereocenters. The third kappa shape index (κ3) is 3.50. The van der Waals surface area contributed by atoms with Crippen LogP contribution >= 0.6 is 12.4 Å². The highest BCUT2D eigenvalue weighted by Gasteiger charge is 2.35. The molecule has 0 radical (unpaired) electrons. The van der Waals surface area contributed by atoms with Gasteiger partial charge < -0.3 is 15.1 Å². The maximum absolute atomic E-state index is 12.4. The number of hydrogen-bond donors (Lipinski definition) is 1. The van der Waals surface area contributed by atoms with Crippen LogP contribution in [0.5, 0.6) is 0 Å². The number of hydrogen-bond acceptors (Lipinski definition) is 3. The highest BCUT2D eigenvalue weighted by Crippen LogP contribution is 2.27. The van der Waals surface area contributed by atoms with E-state index >= 15 is 0 Å². The van der Waals surface area contributed by atoms with Crippen LogP contribution in [0.3, 0.4) is 0 Å². The van der Waals surface area contributed by atoms with E-state index in [0.29, 0.717) is 13.1 Å². The number of furan rings is 1. The molecule has 0 saturated carbocycles. The average molecular weight is 275 g/mol. The van der Waals surface area contributed by atoms with E-state index in [2.05, 4.69) is 0 Å². The van der Waals surface area contributed by atoms with E-state index in [9.17, 15) is 4.79 Å². The molecule has 1 amide bonds. The lowest BCUT2D eigenvalue weighted by Gasteiger charge is -2.32. The van der Waals surface area contributed by atoms with Crippen molar-refractivity contribution in [3.05, 3.63) is 24.2 Å². The molecule has 0 aliphatic heterocycles. The summed E-state index contributed by atoms with van der Waals surface area (Å²) in [6, 6.07) is 3.69. The van der Waals surface area contributed by atoms with Crippen molar-refractivity contribution < 1.29 is 9.21 Å². The Hall–Kier alpha value is -1.00. The number of nitrogens with zero attached hydrogens (tertiary/aromatic N) is 1. The van der Waals surface area contributed by atoms with Crippen LogP contribution in [0.4, 0.5) is 0 Å². The van der Waals surface area contributed by atoms with Gasteiger partial charge in [-0.2, -0.15) is 0 Å². The van der Waals surface area contributed by atoms with Crippen LogP contribution < -0.4 is 5.73 Å². The zero-order chi connectivity index (χ0) is 12.9. The molecule has 0 aliphatic rings. The molecule has 18 heavy (non-hydrogen) atoms. The zero-order valence-electron chi connectivity index (χ0n) is 11.3. The first-order valence-electron chi connectivity index (χ1n) is 6.07. The molecule has 0 spiro atoms. The van der Waals surface area contributed by atoms with Crippen molar-refractivity contribution in [3.63, 3.8) is 0 Å². The second-order valence-electron chi connectivity index (χ2n) is 4.43. The summed E-state index contributed by atoms with van der Waals surface area (Å²) >= 11 is 0. The van der Waals surface area contributed by atoms with Crippen LogP contribution in [0.2, 0.25) is 0 Å². The fourth-order valence-electron chi connectivity index (χ4n) is 2.04. The lowest BCUT2D eigenvalue weighted by Crippen LogP contribution is -2.45. The van der Waals surface area contributed by atoms with Gasteiger partial charge in [0.1, 0.15) is 5.76 Å². The molecule has 104 valence electrons. The normalized spacial score (nSPS) is 10.9. The van der Waals surface area contributed by atoms with Crippen LogP contribution in [0.25, 0.3) is 0 Å². The lowest BCUT2D eigenvalue weighted by atomic mass is 9.81. The summed E-state index contributed by atoms with van der Waals surface area (Å²) in [7, 11) is 1.79. The lowest BCUT2D eigenvalue weighted by molar-refractivity contribution is -0.141. The summed E-state index contributed by atoms with van der Waals surface area (Å²) in [6.07, 6.45) is 3.14. The van der Waals surface area contributed by atoms with Gasteiger partial charge >= 0.3 is 0 Å². The molecule has 2 N–H and O–H groups in total. The van der Waals surface area contributed by atoms with Gasteiger partial charge in [0.25, 0.3) is 0 Å². The summed E-state index contributed by atoms with van der Waals surface area (Å²) in [5.74, 6) is 0.889. The summed E-state index contributed by atoms with van der Waals surface area (Å²) in [5.41, 5.74) is 5.34. The maximum atomic E-state index is 12.4. The third-order valence-corrected chi connectivity index (χ3v) is 3.52. The molecule has 1 aromatic rings. The van der Waals surface area contributed by atoms with Crippen molar-refractivity contribution >= 4 is 18.3 Å². The Morgan fingerprint density at radius 3 is 2.44 bits per heavy atom. The van der Waals surface area contributed by atoms with Crippen molar-refractivity contribution in [1.29, 1.82) is 0 Å². The van der Waals surface area contributed by atoms with E-state index in [1.54, 1.807) is 18.2 Å². The number of amides is 1. The van der Waals surface area contributed by atoms with Gasteiger partial charge in [0.05, 0.1) is 18.2 Å². The van der Waals surface area contributed by atoms with Gasteiger partial charge in [0, 0.05) is 13.6 Å². The van der Waals surface area contributed by atoms with Crippen LogP contribution in [0.15, 0.2) is 22.8 Å². The number of carbonyl (C=O) groups is 1. The van der Waals surface area contributed by atoms with E-state index in [1.165, 1.54) is 0 Å². The first-order chi connectivity index (χ1) is 8.09. The second-order valence-corrected chi connectivity index (χ2v) is 4.43. The highest BCUT2D eigenvalue weighted by atomic mass is 35.5. The van der Waals surface area contributed by atoms with Crippen LogP contribution in [-0.4, -0.2) is 24.4 Å². The van der Waals surface area contributed by atoms with Crippen LogP contribution in [-0.2, 0) is 11.3 Å². The maximum Gasteiger partial charge on any atom is 0.230 e. The van der Waals surface area contributed by atoms with Gasteiger partial charge in [-0.25, -0.2) is 0 Å². The Balaban J connectivity index is 0.00000289. The van der Waals surface area contributed by atoms with E-state index in [0.717, 1.165) is 18.6 Å².